The lowest BCUT2D eigenvalue weighted by Gasteiger charge is -2.27. The first-order valence-electron chi connectivity index (χ1n) is 5.44. The van der Waals surface area contributed by atoms with Gasteiger partial charge in [-0.05, 0) is 17.5 Å². The molecule has 0 spiro atoms. The van der Waals surface area contributed by atoms with Gasteiger partial charge in [-0.1, -0.05) is 23.6 Å². The number of nitrogens with zero attached hydrogens (tertiary/aromatic N) is 6. The Morgan fingerprint density at radius 2 is 2.00 bits per heavy atom. The molecule has 0 saturated carbocycles. The van der Waals surface area contributed by atoms with Crippen LogP contribution in [0.2, 0.25) is 0 Å². The fourth-order valence-corrected chi connectivity index (χ4v) is 1.20. The van der Waals surface area contributed by atoms with Crippen LogP contribution in [0.15, 0.2) is 10.2 Å². The molecule has 0 radical (unpaired) electrons. The molecule has 8 nitrogen and oxygen atoms in total. The molecule has 0 bridgehead atoms. The molecule has 0 saturated heterocycles. The maximum absolute atomic E-state index is 8.56. The Bertz CT molecular complexity index is 298. The number of azide groups is 2. The topological polar surface area (TPSA) is 116 Å². The molecule has 0 N–H and O–H groups in total. The monoisotopic (exact) mass is 242 g/mol. The van der Waals surface area contributed by atoms with Crippen LogP contribution in [-0.4, -0.2) is 32.6 Å². The summed E-state index contributed by atoms with van der Waals surface area (Å²) < 4.78 is 10.5. The zero-order valence-electron chi connectivity index (χ0n) is 10.2. The maximum atomic E-state index is 8.56. The summed E-state index contributed by atoms with van der Waals surface area (Å²) in [5, 5.41) is 7.05. The molecule has 8 heteroatoms. The smallest absolute Gasteiger partial charge is 0.154 e. The van der Waals surface area contributed by atoms with E-state index in [0.717, 1.165) is 12.8 Å². The number of hydrogen-bond donors (Lipinski definition) is 0. The van der Waals surface area contributed by atoms with Crippen LogP contribution < -0.4 is 0 Å². The first-order chi connectivity index (χ1) is 8.24. The third kappa shape index (κ3) is 6.65. The van der Waals surface area contributed by atoms with Crippen LogP contribution in [0.3, 0.4) is 0 Å². The second kappa shape index (κ2) is 9.74. The molecular formula is C9H18N6O2. The van der Waals surface area contributed by atoms with Crippen LogP contribution in [0.25, 0.3) is 20.9 Å². The molecule has 0 aliphatic heterocycles. The lowest BCUT2D eigenvalue weighted by Crippen LogP contribution is -2.35. The van der Waals surface area contributed by atoms with Crippen LogP contribution in [0.1, 0.15) is 26.2 Å². The van der Waals surface area contributed by atoms with Gasteiger partial charge in [-0.2, -0.15) is 0 Å². The van der Waals surface area contributed by atoms with Crippen molar-refractivity contribution in [1.82, 2.24) is 0 Å². The van der Waals surface area contributed by atoms with Gasteiger partial charge in [0.1, 0.15) is 0 Å². The van der Waals surface area contributed by atoms with Crippen molar-refractivity contribution in [2.75, 3.05) is 26.9 Å². The quantitative estimate of drug-likeness (QED) is 0.253. The third-order valence-corrected chi connectivity index (χ3v) is 2.17. The average molecular weight is 242 g/mol. The molecule has 0 rings (SSSR count). The molecular weight excluding hydrogens is 224 g/mol. The van der Waals surface area contributed by atoms with E-state index in [2.05, 4.69) is 20.1 Å². The van der Waals surface area contributed by atoms with E-state index in [-0.39, 0.29) is 6.54 Å². The zero-order valence-corrected chi connectivity index (χ0v) is 10.2. The van der Waals surface area contributed by atoms with Gasteiger partial charge in [-0.3, -0.25) is 0 Å². The van der Waals surface area contributed by atoms with E-state index in [0.29, 0.717) is 19.6 Å². The predicted octanol–water partition coefficient (Wildman–Crippen LogP) is 3.16. The van der Waals surface area contributed by atoms with Crippen molar-refractivity contribution < 1.29 is 9.47 Å². The summed E-state index contributed by atoms with van der Waals surface area (Å²) in [5.74, 6) is 0. The van der Waals surface area contributed by atoms with Gasteiger partial charge in [0.05, 0.1) is 6.54 Å². The molecule has 0 heterocycles. The Kier molecular flexibility index (Phi) is 8.91. The van der Waals surface area contributed by atoms with Crippen LogP contribution in [0, 0.1) is 0 Å². The van der Waals surface area contributed by atoms with E-state index in [1.807, 2.05) is 6.92 Å². The van der Waals surface area contributed by atoms with E-state index in [4.69, 9.17) is 20.5 Å². The highest BCUT2D eigenvalue weighted by Gasteiger charge is 2.28. The largest absolute Gasteiger partial charge is 0.385 e. The summed E-state index contributed by atoms with van der Waals surface area (Å²) in [6.45, 7) is 2.83. The minimum atomic E-state index is -1.13. The van der Waals surface area contributed by atoms with Crippen molar-refractivity contribution in [2.45, 2.75) is 31.9 Å². The van der Waals surface area contributed by atoms with Gasteiger partial charge >= 0.3 is 0 Å². The van der Waals surface area contributed by atoms with Crippen molar-refractivity contribution in [3.05, 3.63) is 20.9 Å². The maximum Gasteiger partial charge on any atom is 0.154 e. The first kappa shape index (κ1) is 15.5. The van der Waals surface area contributed by atoms with E-state index < -0.39 is 5.72 Å². The second-order valence-electron chi connectivity index (χ2n) is 3.47. The minimum absolute atomic E-state index is 0.0271. The van der Waals surface area contributed by atoms with E-state index in [1.54, 1.807) is 7.11 Å². The van der Waals surface area contributed by atoms with E-state index >= 15 is 0 Å². The fraction of sp³-hybridized carbons (Fsp3) is 1.00. The Balaban J connectivity index is 4.66. The summed E-state index contributed by atoms with van der Waals surface area (Å²) in [6.07, 6.45) is 2.18. The number of methoxy groups -OCH3 is 1. The molecule has 1 atom stereocenters. The molecule has 0 aliphatic carbocycles. The summed E-state index contributed by atoms with van der Waals surface area (Å²) >= 11 is 0. The Morgan fingerprint density at radius 3 is 2.53 bits per heavy atom. The van der Waals surface area contributed by atoms with Crippen molar-refractivity contribution in [1.29, 1.82) is 0 Å². The van der Waals surface area contributed by atoms with Crippen molar-refractivity contribution in [3.8, 4) is 0 Å². The molecule has 0 fully saturated rings. The number of ether oxygens (including phenoxy) is 2. The summed E-state index contributed by atoms with van der Waals surface area (Å²) in [5.41, 5.74) is 15.8. The second-order valence-corrected chi connectivity index (χ2v) is 3.47. The number of hydrogen-bond acceptors (Lipinski definition) is 4. The van der Waals surface area contributed by atoms with Gasteiger partial charge in [0.2, 0.25) is 0 Å². The third-order valence-electron chi connectivity index (χ3n) is 2.17. The van der Waals surface area contributed by atoms with Gasteiger partial charge in [0.15, 0.2) is 5.72 Å². The van der Waals surface area contributed by atoms with Crippen molar-refractivity contribution in [3.63, 3.8) is 0 Å². The van der Waals surface area contributed by atoms with Crippen molar-refractivity contribution >= 4 is 0 Å². The Hall–Kier alpha value is -1.46. The lowest BCUT2D eigenvalue weighted by molar-refractivity contribution is -0.0526. The first-order valence-corrected chi connectivity index (χ1v) is 5.44. The fourth-order valence-electron chi connectivity index (χ4n) is 1.20. The summed E-state index contributed by atoms with van der Waals surface area (Å²) in [4.78, 5) is 5.41. The molecule has 17 heavy (non-hydrogen) atoms. The Labute approximate surface area is 100 Å². The average Bonchev–Trinajstić information content (AvgIpc) is 2.34. The highest BCUT2D eigenvalue weighted by atomic mass is 16.5. The molecule has 1 unspecified atom stereocenters. The molecule has 96 valence electrons. The lowest BCUT2D eigenvalue weighted by atomic mass is 10.1. The molecule has 0 amide bonds. The highest BCUT2D eigenvalue weighted by Crippen LogP contribution is 2.20. The van der Waals surface area contributed by atoms with Gasteiger partial charge in [0, 0.05) is 36.6 Å². The zero-order chi connectivity index (χ0) is 13.0. The van der Waals surface area contributed by atoms with Gasteiger partial charge in [-0.15, -0.1) is 0 Å². The Morgan fingerprint density at radius 1 is 1.24 bits per heavy atom. The summed E-state index contributed by atoms with van der Waals surface area (Å²) in [7, 11) is 1.54. The predicted molar refractivity (Wildman–Crippen MR) is 63.2 cm³/mol. The van der Waals surface area contributed by atoms with E-state index in [1.165, 1.54) is 0 Å². The van der Waals surface area contributed by atoms with Gasteiger partial charge in [0.25, 0.3) is 0 Å². The molecule has 0 aromatic carbocycles. The SMILES string of the molecule is CCCCOC(CCOC)(CN=[N+]=[N-])N=[N+]=[N-]. The molecule has 0 aliphatic rings. The summed E-state index contributed by atoms with van der Waals surface area (Å²) in [6, 6.07) is 0. The van der Waals surface area contributed by atoms with Gasteiger partial charge in [-0.25, -0.2) is 0 Å². The molecule has 0 aromatic heterocycles. The molecule has 0 aromatic rings. The van der Waals surface area contributed by atoms with Crippen LogP contribution in [-0.2, 0) is 9.47 Å². The van der Waals surface area contributed by atoms with Crippen LogP contribution in [0.5, 0.6) is 0 Å². The minimum Gasteiger partial charge on any atom is -0.385 e. The number of rotatable bonds is 10. The highest BCUT2D eigenvalue weighted by molar-refractivity contribution is 4.81. The standard InChI is InChI=1S/C9H18N6O2/c1-3-4-6-17-9(13-15-11,5-7-16-2)8-12-14-10/h3-8H2,1-2H3. The van der Waals surface area contributed by atoms with Crippen LogP contribution >= 0.6 is 0 Å². The van der Waals surface area contributed by atoms with Crippen molar-refractivity contribution in [2.24, 2.45) is 10.2 Å². The van der Waals surface area contributed by atoms with E-state index in [9.17, 15) is 0 Å². The number of unbranched alkanes of at least 4 members (excludes halogenated alkanes) is 1. The van der Waals surface area contributed by atoms with Gasteiger partial charge < -0.3 is 9.47 Å². The van der Waals surface area contributed by atoms with Crippen LogP contribution in [0.4, 0.5) is 0 Å². The normalized spacial score (nSPS) is 13.3.